The molecule has 2 nitrogen and oxygen atoms in total. The normalized spacial score (nSPS) is 16.1. The molecule has 80 valence electrons. The van der Waals surface area contributed by atoms with E-state index in [0.29, 0.717) is 0 Å². The van der Waals surface area contributed by atoms with E-state index in [1.807, 2.05) is 31.4 Å². The maximum atomic E-state index is 4.27. The molecule has 2 rings (SSSR count). The lowest BCUT2D eigenvalue weighted by molar-refractivity contribution is 0.580. The van der Waals surface area contributed by atoms with Crippen LogP contribution in [0.5, 0.6) is 0 Å². The molecule has 1 aliphatic rings. The Kier molecular flexibility index (Phi) is 4.94. The first-order chi connectivity index (χ1) is 6.86. The van der Waals surface area contributed by atoms with Crippen LogP contribution in [0.2, 0.25) is 0 Å². The van der Waals surface area contributed by atoms with Crippen LogP contribution in [0, 0.1) is 6.92 Å². The van der Waals surface area contributed by atoms with Crippen molar-refractivity contribution >= 4 is 16.3 Å². The summed E-state index contributed by atoms with van der Waals surface area (Å²) >= 11 is 1.81. The average molecular weight is 212 g/mol. The van der Waals surface area contributed by atoms with E-state index < -0.39 is 0 Å². The van der Waals surface area contributed by atoms with Gasteiger partial charge >= 0.3 is 0 Å². The minimum atomic E-state index is 1.18. The van der Waals surface area contributed by atoms with Gasteiger partial charge in [0.25, 0.3) is 0 Å². The van der Waals surface area contributed by atoms with Crippen LogP contribution in [0.25, 0.3) is 0 Å². The van der Waals surface area contributed by atoms with Crippen LogP contribution in [-0.2, 0) is 0 Å². The molecule has 1 saturated heterocycles. The molecule has 0 aromatic carbocycles. The molecule has 0 bridgehead atoms. The number of nitrogens with zero attached hydrogens (tertiary/aromatic N) is 2. The van der Waals surface area contributed by atoms with Gasteiger partial charge < -0.3 is 4.90 Å². The van der Waals surface area contributed by atoms with E-state index in [4.69, 9.17) is 0 Å². The Hall–Kier alpha value is -0.570. The molecule has 2 heterocycles. The summed E-state index contributed by atoms with van der Waals surface area (Å²) in [6.07, 6.45) is 6.09. The van der Waals surface area contributed by atoms with Crippen LogP contribution in [0.15, 0.2) is 6.20 Å². The Labute approximate surface area is 91.0 Å². The lowest BCUT2D eigenvalue weighted by Crippen LogP contribution is -2.28. The van der Waals surface area contributed by atoms with E-state index in [1.54, 1.807) is 0 Å². The van der Waals surface area contributed by atoms with E-state index >= 15 is 0 Å². The van der Waals surface area contributed by atoms with E-state index in [9.17, 15) is 0 Å². The number of hydrogen-bond acceptors (Lipinski definition) is 3. The molecule has 1 fully saturated rings. The third-order valence-electron chi connectivity index (χ3n) is 2.28. The Morgan fingerprint density at radius 1 is 1.21 bits per heavy atom. The molecule has 1 aliphatic heterocycles. The van der Waals surface area contributed by atoms with Crippen molar-refractivity contribution < 1.29 is 0 Å². The number of anilines is 1. The predicted octanol–water partition coefficient (Wildman–Crippen LogP) is 3.47. The van der Waals surface area contributed by atoms with E-state index in [1.165, 1.54) is 42.4 Å². The summed E-state index contributed by atoms with van der Waals surface area (Å²) in [6.45, 7) is 8.52. The monoisotopic (exact) mass is 212 g/mol. The highest BCUT2D eigenvalue weighted by atomic mass is 32.1. The maximum absolute atomic E-state index is 4.27. The molecule has 1 aromatic heterocycles. The van der Waals surface area contributed by atoms with E-state index in [-0.39, 0.29) is 0 Å². The fraction of sp³-hybridized carbons (Fsp3) is 0.727. The van der Waals surface area contributed by atoms with Crippen molar-refractivity contribution in [1.82, 2.24) is 4.98 Å². The number of thiazole rings is 1. The van der Waals surface area contributed by atoms with Crippen molar-refractivity contribution in [3.8, 4) is 0 Å². The quantitative estimate of drug-likeness (QED) is 0.708. The van der Waals surface area contributed by atoms with Gasteiger partial charge in [-0.05, 0) is 26.2 Å². The van der Waals surface area contributed by atoms with Gasteiger partial charge in [0, 0.05) is 13.1 Å². The third kappa shape index (κ3) is 2.98. The van der Waals surface area contributed by atoms with Crippen LogP contribution in [0.3, 0.4) is 0 Å². The SMILES string of the molecule is CC.Cc1ncc(N2CCCCC2)s1. The first-order valence-electron chi connectivity index (χ1n) is 5.53. The lowest BCUT2D eigenvalue weighted by atomic mass is 10.1. The highest BCUT2D eigenvalue weighted by Gasteiger charge is 2.12. The standard InChI is InChI=1S/C9H14N2S.C2H6/c1-8-10-7-9(12-8)11-5-3-2-4-6-11;1-2/h7H,2-6H2,1H3;1-2H3. The Bertz CT molecular complexity index is 252. The summed E-state index contributed by atoms with van der Waals surface area (Å²) in [4.78, 5) is 6.72. The van der Waals surface area contributed by atoms with Crippen LogP contribution in [0.4, 0.5) is 5.00 Å². The van der Waals surface area contributed by atoms with Crippen molar-refractivity contribution in [2.24, 2.45) is 0 Å². The van der Waals surface area contributed by atoms with Crippen LogP contribution >= 0.6 is 11.3 Å². The smallest absolute Gasteiger partial charge is 0.111 e. The third-order valence-corrected chi connectivity index (χ3v) is 3.25. The van der Waals surface area contributed by atoms with Gasteiger partial charge in [0.2, 0.25) is 0 Å². The highest BCUT2D eigenvalue weighted by Crippen LogP contribution is 2.25. The lowest BCUT2D eigenvalue weighted by Gasteiger charge is -2.26. The number of hydrogen-bond donors (Lipinski definition) is 0. The van der Waals surface area contributed by atoms with Crippen LogP contribution < -0.4 is 4.90 Å². The van der Waals surface area contributed by atoms with Gasteiger partial charge in [-0.3, -0.25) is 0 Å². The predicted molar refractivity (Wildman–Crippen MR) is 64.3 cm³/mol. The molecule has 0 N–H and O–H groups in total. The topological polar surface area (TPSA) is 16.1 Å². The first kappa shape index (κ1) is 11.5. The molecule has 0 spiro atoms. The average Bonchev–Trinajstić information content (AvgIpc) is 2.69. The summed E-state index contributed by atoms with van der Waals surface area (Å²) in [5.41, 5.74) is 0. The van der Waals surface area contributed by atoms with Gasteiger partial charge in [-0.25, -0.2) is 4.98 Å². The van der Waals surface area contributed by atoms with Crippen molar-refractivity contribution in [1.29, 1.82) is 0 Å². The zero-order chi connectivity index (χ0) is 10.4. The fourth-order valence-corrected chi connectivity index (χ4v) is 2.44. The summed E-state index contributed by atoms with van der Waals surface area (Å²) < 4.78 is 0. The molecule has 0 aliphatic carbocycles. The molecular formula is C11H20N2S. The number of piperidine rings is 1. The Morgan fingerprint density at radius 3 is 2.36 bits per heavy atom. The second-order valence-electron chi connectivity index (χ2n) is 3.27. The maximum Gasteiger partial charge on any atom is 0.111 e. The molecule has 14 heavy (non-hydrogen) atoms. The molecule has 0 saturated carbocycles. The van der Waals surface area contributed by atoms with Crippen molar-refractivity contribution in [3.63, 3.8) is 0 Å². The molecule has 0 amide bonds. The van der Waals surface area contributed by atoms with Crippen LogP contribution in [0.1, 0.15) is 38.1 Å². The number of rotatable bonds is 1. The second kappa shape index (κ2) is 6.02. The van der Waals surface area contributed by atoms with E-state index in [2.05, 4.69) is 16.8 Å². The summed E-state index contributed by atoms with van der Waals surface area (Å²) in [6, 6.07) is 0. The Morgan fingerprint density at radius 2 is 1.86 bits per heavy atom. The second-order valence-corrected chi connectivity index (χ2v) is 4.48. The molecule has 0 atom stereocenters. The van der Waals surface area contributed by atoms with Gasteiger partial charge in [-0.1, -0.05) is 13.8 Å². The van der Waals surface area contributed by atoms with Crippen LogP contribution in [-0.4, -0.2) is 18.1 Å². The van der Waals surface area contributed by atoms with Gasteiger partial charge in [-0.15, -0.1) is 11.3 Å². The number of aryl methyl sites for hydroxylation is 1. The molecule has 0 unspecified atom stereocenters. The molecule has 1 aromatic rings. The minimum Gasteiger partial charge on any atom is -0.362 e. The van der Waals surface area contributed by atoms with E-state index in [0.717, 1.165) is 0 Å². The van der Waals surface area contributed by atoms with Gasteiger partial charge in [-0.2, -0.15) is 0 Å². The van der Waals surface area contributed by atoms with Crippen molar-refractivity contribution in [3.05, 3.63) is 11.2 Å². The first-order valence-corrected chi connectivity index (χ1v) is 6.35. The minimum absolute atomic E-state index is 1.18. The summed E-state index contributed by atoms with van der Waals surface area (Å²) in [5, 5.41) is 2.53. The van der Waals surface area contributed by atoms with Gasteiger partial charge in [0.15, 0.2) is 0 Å². The van der Waals surface area contributed by atoms with Gasteiger partial charge in [0.05, 0.1) is 11.2 Å². The number of aromatic nitrogens is 1. The molecule has 0 radical (unpaired) electrons. The van der Waals surface area contributed by atoms with Crippen molar-refractivity contribution in [2.45, 2.75) is 40.0 Å². The highest BCUT2D eigenvalue weighted by molar-refractivity contribution is 7.15. The largest absolute Gasteiger partial charge is 0.362 e. The molecule has 3 heteroatoms. The van der Waals surface area contributed by atoms with Crippen molar-refractivity contribution in [2.75, 3.05) is 18.0 Å². The molecular weight excluding hydrogens is 192 g/mol. The fourth-order valence-electron chi connectivity index (χ4n) is 1.61. The zero-order valence-corrected chi connectivity index (χ0v) is 10.2. The zero-order valence-electron chi connectivity index (χ0n) is 9.42. The summed E-state index contributed by atoms with van der Waals surface area (Å²) in [7, 11) is 0. The summed E-state index contributed by atoms with van der Waals surface area (Å²) in [5.74, 6) is 0. The van der Waals surface area contributed by atoms with Gasteiger partial charge in [0.1, 0.15) is 5.00 Å². The Balaban J connectivity index is 0.000000461.